The average molecular weight is 450 g/mol. The maximum atomic E-state index is 13.8. The van der Waals surface area contributed by atoms with E-state index in [2.05, 4.69) is 21.6 Å². The van der Waals surface area contributed by atoms with Crippen LogP contribution in [0.25, 0.3) is 0 Å². The number of sulfonamides is 1. The minimum absolute atomic E-state index is 0.0266. The summed E-state index contributed by atoms with van der Waals surface area (Å²) in [6.07, 6.45) is 3.14. The molecule has 0 bridgehead atoms. The second-order valence-electron chi connectivity index (χ2n) is 6.16. The summed E-state index contributed by atoms with van der Waals surface area (Å²) in [7, 11) is -3.67. The summed E-state index contributed by atoms with van der Waals surface area (Å²) in [4.78, 5) is 17.2. The van der Waals surface area contributed by atoms with Crippen LogP contribution in [0.3, 0.4) is 0 Å². The van der Waals surface area contributed by atoms with Gasteiger partial charge < -0.3 is 0 Å². The van der Waals surface area contributed by atoms with Crippen molar-refractivity contribution in [1.82, 2.24) is 9.71 Å². The van der Waals surface area contributed by atoms with Crippen molar-refractivity contribution in [3.05, 3.63) is 89.0 Å². The number of benzene rings is 2. The predicted molar refractivity (Wildman–Crippen MR) is 111 cm³/mol. The Labute approximate surface area is 176 Å². The van der Waals surface area contributed by atoms with Gasteiger partial charge in [-0.15, -0.1) is 17.9 Å². The van der Waals surface area contributed by atoms with Gasteiger partial charge >= 0.3 is 0 Å². The quantitative estimate of drug-likeness (QED) is 0.513. The molecule has 0 saturated carbocycles. The first-order valence-corrected chi connectivity index (χ1v) is 11.0. The summed E-state index contributed by atoms with van der Waals surface area (Å²) in [5.41, 5.74) is 0.568. The highest BCUT2D eigenvalue weighted by Crippen LogP contribution is 2.23. The minimum Gasteiger partial charge on any atom is -0.298 e. The third-order valence-corrected chi connectivity index (χ3v) is 6.35. The zero-order chi connectivity index (χ0) is 21.7. The highest BCUT2D eigenvalue weighted by atomic mass is 32.2. The van der Waals surface area contributed by atoms with Crippen LogP contribution in [0.4, 0.5) is 13.9 Å². The topological polar surface area (TPSA) is 88.2 Å². The lowest BCUT2D eigenvalue weighted by atomic mass is 10.1. The van der Waals surface area contributed by atoms with Crippen molar-refractivity contribution >= 4 is 32.4 Å². The number of thiazole rings is 1. The molecule has 0 spiro atoms. The van der Waals surface area contributed by atoms with E-state index in [-0.39, 0.29) is 23.4 Å². The number of anilines is 1. The van der Waals surface area contributed by atoms with Crippen molar-refractivity contribution in [3.63, 3.8) is 0 Å². The van der Waals surface area contributed by atoms with Gasteiger partial charge in [-0.25, -0.2) is 26.9 Å². The van der Waals surface area contributed by atoms with E-state index in [9.17, 15) is 22.0 Å². The van der Waals surface area contributed by atoms with E-state index < -0.39 is 27.6 Å². The van der Waals surface area contributed by atoms with Crippen LogP contribution in [0.5, 0.6) is 0 Å². The van der Waals surface area contributed by atoms with Crippen molar-refractivity contribution in [1.29, 1.82) is 0 Å². The summed E-state index contributed by atoms with van der Waals surface area (Å²) >= 11 is 1.16. The van der Waals surface area contributed by atoms with Crippen LogP contribution in [0.15, 0.2) is 66.2 Å². The van der Waals surface area contributed by atoms with Gasteiger partial charge in [0.05, 0.1) is 4.90 Å². The van der Waals surface area contributed by atoms with Crippen molar-refractivity contribution < 1.29 is 22.0 Å². The Hall–Kier alpha value is -2.95. The molecule has 30 heavy (non-hydrogen) atoms. The van der Waals surface area contributed by atoms with Gasteiger partial charge in [0.1, 0.15) is 11.6 Å². The molecule has 2 N–H and O–H groups in total. The number of carbonyl (C=O) groups excluding carboxylic acids is 1. The second-order valence-corrected chi connectivity index (χ2v) is 9.05. The molecule has 0 fully saturated rings. The van der Waals surface area contributed by atoms with Crippen LogP contribution >= 0.6 is 11.3 Å². The molecule has 0 saturated heterocycles. The Morgan fingerprint density at radius 1 is 1.17 bits per heavy atom. The molecule has 10 heteroatoms. The molecule has 0 aliphatic rings. The molecule has 2 aromatic carbocycles. The van der Waals surface area contributed by atoms with E-state index in [0.717, 1.165) is 17.4 Å². The number of nitrogens with one attached hydrogen (secondary N) is 2. The van der Waals surface area contributed by atoms with E-state index in [4.69, 9.17) is 0 Å². The number of hydrogen-bond acceptors (Lipinski definition) is 5. The Balaban J connectivity index is 1.66. The average Bonchev–Trinajstić information content (AvgIpc) is 3.15. The van der Waals surface area contributed by atoms with Crippen molar-refractivity contribution in [2.75, 3.05) is 11.9 Å². The third kappa shape index (κ3) is 5.35. The number of hydrogen-bond donors (Lipinski definition) is 2. The van der Waals surface area contributed by atoms with Crippen LogP contribution in [-0.2, 0) is 16.4 Å². The monoisotopic (exact) mass is 449 g/mol. The van der Waals surface area contributed by atoms with E-state index >= 15 is 0 Å². The highest BCUT2D eigenvalue weighted by molar-refractivity contribution is 7.89. The largest absolute Gasteiger partial charge is 0.298 e. The van der Waals surface area contributed by atoms with Crippen LogP contribution in [0, 0.1) is 11.6 Å². The molecule has 3 aromatic rings. The van der Waals surface area contributed by atoms with Crippen molar-refractivity contribution in [3.8, 4) is 0 Å². The van der Waals surface area contributed by atoms with Crippen molar-refractivity contribution in [2.24, 2.45) is 0 Å². The maximum Gasteiger partial charge on any atom is 0.257 e. The third-order valence-electron chi connectivity index (χ3n) is 4.00. The smallest absolute Gasteiger partial charge is 0.257 e. The Kier molecular flexibility index (Phi) is 6.70. The number of rotatable bonds is 8. The van der Waals surface area contributed by atoms with E-state index in [1.807, 2.05) is 0 Å². The van der Waals surface area contributed by atoms with E-state index in [0.29, 0.717) is 15.6 Å². The molecule has 1 aromatic heterocycles. The first-order valence-electron chi connectivity index (χ1n) is 8.69. The molecule has 0 aliphatic heterocycles. The summed E-state index contributed by atoms with van der Waals surface area (Å²) in [6.45, 7) is 3.54. The number of amides is 1. The lowest BCUT2D eigenvalue weighted by Crippen LogP contribution is -2.23. The summed E-state index contributed by atoms with van der Waals surface area (Å²) in [5.74, 6) is -1.76. The molecule has 1 heterocycles. The molecular formula is C20H17F2N3O3S2. The molecule has 6 nitrogen and oxygen atoms in total. The molecule has 3 rings (SSSR count). The first kappa shape index (κ1) is 21.8. The van der Waals surface area contributed by atoms with Gasteiger partial charge in [-0.05, 0) is 35.9 Å². The van der Waals surface area contributed by atoms with Gasteiger partial charge in [0, 0.05) is 35.7 Å². The molecule has 156 valence electrons. The predicted octanol–water partition coefficient (Wildman–Crippen LogP) is 3.73. The highest BCUT2D eigenvalue weighted by Gasteiger charge is 2.15. The Morgan fingerprint density at radius 2 is 1.90 bits per heavy atom. The fourth-order valence-corrected chi connectivity index (χ4v) is 4.34. The number of aromatic nitrogens is 1. The Morgan fingerprint density at radius 3 is 2.57 bits per heavy atom. The van der Waals surface area contributed by atoms with E-state index in [1.54, 1.807) is 0 Å². The van der Waals surface area contributed by atoms with Gasteiger partial charge in [0.15, 0.2) is 5.13 Å². The van der Waals surface area contributed by atoms with Crippen LogP contribution in [0.2, 0.25) is 0 Å². The van der Waals surface area contributed by atoms with E-state index in [1.165, 1.54) is 48.7 Å². The van der Waals surface area contributed by atoms with Gasteiger partial charge in [-0.1, -0.05) is 12.1 Å². The summed E-state index contributed by atoms with van der Waals surface area (Å²) in [6, 6.07) is 8.78. The standard InChI is InChI=1S/C20H17F2N3O3S2/c1-2-9-24-30(27,28)17-7-4-13(5-8-17)19(26)25-20-23-12-16(29-20)10-14-3-6-15(21)11-18(14)22/h2-8,11-12,24H,1,9-10H2,(H,23,25,26). The number of halogens is 2. The molecule has 0 unspecified atom stereocenters. The summed E-state index contributed by atoms with van der Waals surface area (Å²) < 4.78 is 53.2. The Bertz CT molecular complexity index is 1180. The van der Waals surface area contributed by atoms with Gasteiger partial charge in [0.25, 0.3) is 5.91 Å². The number of carbonyl (C=O) groups is 1. The van der Waals surface area contributed by atoms with Crippen molar-refractivity contribution in [2.45, 2.75) is 11.3 Å². The van der Waals surface area contributed by atoms with Crippen LogP contribution < -0.4 is 10.0 Å². The van der Waals surface area contributed by atoms with Crippen LogP contribution in [0.1, 0.15) is 20.8 Å². The van der Waals surface area contributed by atoms with Gasteiger partial charge in [0.2, 0.25) is 10.0 Å². The zero-order valence-electron chi connectivity index (χ0n) is 15.6. The minimum atomic E-state index is -3.67. The zero-order valence-corrected chi connectivity index (χ0v) is 17.2. The van der Waals surface area contributed by atoms with Gasteiger partial charge in [-0.2, -0.15) is 0 Å². The first-order chi connectivity index (χ1) is 14.3. The molecule has 0 atom stereocenters. The SMILES string of the molecule is C=CCNS(=O)(=O)c1ccc(C(=O)Nc2ncc(Cc3ccc(F)cc3F)s2)cc1. The normalized spacial score (nSPS) is 11.3. The lowest BCUT2D eigenvalue weighted by Gasteiger charge is -2.06. The number of nitrogens with zero attached hydrogens (tertiary/aromatic N) is 1. The fraction of sp³-hybridized carbons (Fsp3) is 0.100. The maximum absolute atomic E-state index is 13.8. The van der Waals surface area contributed by atoms with Gasteiger partial charge in [-0.3, -0.25) is 10.1 Å². The van der Waals surface area contributed by atoms with Crippen LogP contribution in [-0.4, -0.2) is 25.9 Å². The molecule has 0 aliphatic carbocycles. The summed E-state index contributed by atoms with van der Waals surface area (Å²) in [5, 5.41) is 2.92. The lowest BCUT2D eigenvalue weighted by molar-refractivity contribution is 0.102. The molecule has 0 radical (unpaired) electrons. The second kappa shape index (κ2) is 9.24. The molecule has 1 amide bonds. The molecular weight excluding hydrogens is 432 g/mol. The fourth-order valence-electron chi connectivity index (χ4n) is 2.51.